The third kappa shape index (κ3) is 3.58. The molecule has 6 heteroatoms. The minimum Gasteiger partial charge on any atom is -0.371 e. The Kier molecular flexibility index (Phi) is 4.27. The number of anilines is 2. The molecule has 1 atom stereocenters. The number of amides is 2. The van der Waals surface area contributed by atoms with Gasteiger partial charge in [-0.15, -0.1) is 0 Å². The van der Waals surface area contributed by atoms with Crippen LogP contribution < -0.4 is 15.5 Å². The Hall–Kier alpha value is -2.50. The number of carbonyl (C=O) groups excluding carboxylic acids is 1. The van der Waals surface area contributed by atoms with E-state index in [1.165, 1.54) is 5.69 Å². The van der Waals surface area contributed by atoms with Gasteiger partial charge in [-0.3, -0.25) is 5.32 Å². The van der Waals surface area contributed by atoms with Crippen molar-refractivity contribution in [3.8, 4) is 0 Å². The van der Waals surface area contributed by atoms with Crippen molar-refractivity contribution < 1.29 is 9.32 Å². The van der Waals surface area contributed by atoms with E-state index < -0.39 is 0 Å². The molecule has 3 rings (SSSR count). The number of hydrogen-bond donors (Lipinski definition) is 2. The Morgan fingerprint density at radius 1 is 1.41 bits per heavy atom. The number of aromatic nitrogens is 1. The third-order valence-electron chi connectivity index (χ3n) is 3.83. The Bertz CT molecular complexity index is 626. The molecule has 1 saturated heterocycles. The summed E-state index contributed by atoms with van der Waals surface area (Å²) in [6.07, 6.45) is 1.08. The van der Waals surface area contributed by atoms with Crippen LogP contribution in [0.15, 0.2) is 40.9 Å². The fraction of sp³-hybridized carbons (Fsp3) is 0.375. The quantitative estimate of drug-likeness (QED) is 0.910. The maximum Gasteiger partial charge on any atom is 0.320 e. The van der Waals surface area contributed by atoms with Crippen LogP contribution >= 0.6 is 0 Å². The predicted octanol–water partition coefficient (Wildman–Crippen LogP) is 2.63. The Balaban J connectivity index is 1.44. The van der Waals surface area contributed by atoms with E-state index in [2.05, 4.69) is 32.8 Å². The van der Waals surface area contributed by atoms with Gasteiger partial charge in [0.05, 0.1) is 0 Å². The van der Waals surface area contributed by atoms with Crippen LogP contribution in [-0.2, 0) is 0 Å². The minimum atomic E-state index is -0.244. The summed E-state index contributed by atoms with van der Waals surface area (Å²) in [5.74, 6) is 1.57. The second-order valence-corrected chi connectivity index (χ2v) is 5.59. The monoisotopic (exact) mass is 300 g/mol. The fourth-order valence-electron chi connectivity index (χ4n) is 2.70. The lowest BCUT2D eigenvalue weighted by Gasteiger charge is -2.18. The number of carbonyl (C=O) groups is 1. The molecule has 1 unspecified atom stereocenters. The first-order valence-electron chi connectivity index (χ1n) is 7.49. The zero-order valence-corrected chi connectivity index (χ0v) is 12.6. The molecule has 2 aromatic rings. The summed E-state index contributed by atoms with van der Waals surface area (Å²) in [6, 6.07) is 11.8. The van der Waals surface area contributed by atoms with E-state index >= 15 is 0 Å². The normalized spacial score (nSPS) is 17.5. The first kappa shape index (κ1) is 14.4. The van der Waals surface area contributed by atoms with Crippen molar-refractivity contribution in [3.63, 3.8) is 0 Å². The van der Waals surface area contributed by atoms with Crippen LogP contribution in [0.3, 0.4) is 0 Å². The summed E-state index contributed by atoms with van der Waals surface area (Å²) >= 11 is 0. The average molecular weight is 300 g/mol. The number of para-hydroxylation sites is 1. The smallest absolute Gasteiger partial charge is 0.320 e. The molecular formula is C16H20N4O2. The highest BCUT2D eigenvalue weighted by molar-refractivity contribution is 5.88. The lowest BCUT2D eigenvalue weighted by molar-refractivity contribution is 0.250. The summed E-state index contributed by atoms with van der Waals surface area (Å²) in [4.78, 5) is 14.2. The van der Waals surface area contributed by atoms with Crippen LogP contribution in [-0.4, -0.2) is 30.8 Å². The van der Waals surface area contributed by atoms with Gasteiger partial charge in [-0.05, 0) is 31.4 Å². The molecule has 2 N–H and O–H groups in total. The molecule has 0 radical (unpaired) electrons. The second-order valence-electron chi connectivity index (χ2n) is 5.59. The van der Waals surface area contributed by atoms with Crippen LogP contribution in [0.1, 0.15) is 12.2 Å². The van der Waals surface area contributed by atoms with Crippen LogP contribution in [0.25, 0.3) is 0 Å². The molecule has 1 fully saturated rings. The summed E-state index contributed by atoms with van der Waals surface area (Å²) in [7, 11) is 0. The maximum absolute atomic E-state index is 11.8. The zero-order chi connectivity index (χ0) is 15.4. The number of aryl methyl sites for hydroxylation is 1. The lowest BCUT2D eigenvalue weighted by atomic mass is 10.1. The van der Waals surface area contributed by atoms with E-state index in [1.54, 1.807) is 13.0 Å². The van der Waals surface area contributed by atoms with Gasteiger partial charge in [0, 0.05) is 31.4 Å². The Morgan fingerprint density at radius 2 is 2.23 bits per heavy atom. The molecule has 0 spiro atoms. The number of urea groups is 1. The number of rotatable bonds is 4. The Labute approximate surface area is 129 Å². The van der Waals surface area contributed by atoms with Gasteiger partial charge < -0.3 is 14.7 Å². The molecule has 1 aromatic carbocycles. The molecular weight excluding hydrogens is 280 g/mol. The van der Waals surface area contributed by atoms with E-state index in [0.717, 1.165) is 19.5 Å². The van der Waals surface area contributed by atoms with E-state index in [0.29, 0.717) is 24.0 Å². The van der Waals surface area contributed by atoms with E-state index in [9.17, 15) is 4.79 Å². The molecule has 0 bridgehead atoms. The van der Waals surface area contributed by atoms with Gasteiger partial charge in [-0.25, -0.2) is 4.79 Å². The highest BCUT2D eigenvalue weighted by atomic mass is 16.5. The second kappa shape index (κ2) is 6.51. The van der Waals surface area contributed by atoms with Gasteiger partial charge in [-0.2, -0.15) is 0 Å². The lowest BCUT2D eigenvalue weighted by Crippen LogP contribution is -2.34. The first-order valence-corrected chi connectivity index (χ1v) is 7.49. The zero-order valence-electron chi connectivity index (χ0n) is 12.6. The van der Waals surface area contributed by atoms with Crippen LogP contribution in [0.5, 0.6) is 0 Å². The largest absolute Gasteiger partial charge is 0.371 e. The molecule has 6 nitrogen and oxygen atoms in total. The molecule has 1 aromatic heterocycles. The SMILES string of the molecule is Cc1cc(NC(=O)NCC2CCN(c3ccccc3)C2)no1. The van der Waals surface area contributed by atoms with Gasteiger partial charge in [0.2, 0.25) is 0 Å². The van der Waals surface area contributed by atoms with Crippen molar-refractivity contribution in [1.29, 1.82) is 0 Å². The Morgan fingerprint density at radius 3 is 2.95 bits per heavy atom. The fourth-order valence-corrected chi connectivity index (χ4v) is 2.70. The summed E-state index contributed by atoms with van der Waals surface area (Å²) < 4.78 is 4.91. The van der Waals surface area contributed by atoms with Crippen molar-refractivity contribution in [3.05, 3.63) is 42.2 Å². The standard InChI is InChI=1S/C16H20N4O2/c1-12-9-15(19-22-12)18-16(21)17-10-13-7-8-20(11-13)14-5-3-2-4-6-14/h2-6,9,13H,7-8,10-11H2,1H3,(H2,17,18,19,21). The topological polar surface area (TPSA) is 70.4 Å². The molecule has 116 valence electrons. The van der Waals surface area contributed by atoms with Crippen LogP contribution in [0.4, 0.5) is 16.3 Å². The molecule has 2 heterocycles. The summed E-state index contributed by atoms with van der Waals surface area (Å²) in [6.45, 7) is 4.44. The van der Waals surface area contributed by atoms with Crippen molar-refractivity contribution >= 4 is 17.5 Å². The van der Waals surface area contributed by atoms with Crippen molar-refractivity contribution in [2.75, 3.05) is 29.9 Å². The van der Waals surface area contributed by atoms with Gasteiger partial charge in [0.15, 0.2) is 5.82 Å². The molecule has 0 saturated carbocycles. The number of nitrogens with zero attached hydrogens (tertiary/aromatic N) is 2. The van der Waals surface area contributed by atoms with Crippen LogP contribution in [0, 0.1) is 12.8 Å². The van der Waals surface area contributed by atoms with Gasteiger partial charge in [-0.1, -0.05) is 23.4 Å². The van der Waals surface area contributed by atoms with Crippen LogP contribution in [0.2, 0.25) is 0 Å². The van der Waals surface area contributed by atoms with E-state index in [-0.39, 0.29) is 6.03 Å². The average Bonchev–Trinajstić information content (AvgIpc) is 3.15. The molecule has 1 aliphatic rings. The van der Waals surface area contributed by atoms with Crippen molar-refractivity contribution in [2.24, 2.45) is 5.92 Å². The molecule has 1 aliphatic heterocycles. The number of hydrogen-bond acceptors (Lipinski definition) is 4. The van der Waals surface area contributed by atoms with Crippen molar-refractivity contribution in [1.82, 2.24) is 10.5 Å². The molecule has 22 heavy (non-hydrogen) atoms. The minimum absolute atomic E-state index is 0.244. The summed E-state index contributed by atoms with van der Waals surface area (Å²) in [5.41, 5.74) is 1.24. The highest BCUT2D eigenvalue weighted by Crippen LogP contribution is 2.22. The van der Waals surface area contributed by atoms with Gasteiger partial charge in [0.25, 0.3) is 0 Å². The number of nitrogens with one attached hydrogen (secondary N) is 2. The molecule has 2 amide bonds. The first-order chi connectivity index (χ1) is 10.7. The van der Waals surface area contributed by atoms with E-state index in [4.69, 9.17) is 4.52 Å². The predicted molar refractivity (Wildman–Crippen MR) is 85.0 cm³/mol. The number of benzene rings is 1. The third-order valence-corrected chi connectivity index (χ3v) is 3.83. The van der Waals surface area contributed by atoms with Crippen molar-refractivity contribution in [2.45, 2.75) is 13.3 Å². The highest BCUT2D eigenvalue weighted by Gasteiger charge is 2.23. The van der Waals surface area contributed by atoms with Gasteiger partial charge in [0.1, 0.15) is 5.76 Å². The van der Waals surface area contributed by atoms with E-state index in [1.807, 2.05) is 18.2 Å². The van der Waals surface area contributed by atoms with Gasteiger partial charge >= 0.3 is 6.03 Å². The summed E-state index contributed by atoms with van der Waals surface area (Å²) in [5, 5.41) is 9.29. The molecule has 0 aliphatic carbocycles. The maximum atomic E-state index is 11.8.